The van der Waals surface area contributed by atoms with E-state index in [9.17, 15) is 21.6 Å². The Labute approximate surface area is 165 Å². The molecule has 0 saturated carbocycles. The van der Waals surface area contributed by atoms with Crippen molar-refractivity contribution in [1.82, 2.24) is 8.61 Å². The van der Waals surface area contributed by atoms with Gasteiger partial charge in [-0.05, 0) is 29.8 Å². The first-order valence-corrected chi connectivity index (χ1v) is 11.6. The Morgan fingerprint density at radius 1 is 0.893 bits per heavy atom. The van der Waals surface area contributed by atoms with Crippen LogP contribution in [-0.2, 0) is 31.4 Å². The lowest BCUT2D eigenvalue weighted by atomic mass is 10.2. The molecule has 0 unspecified atom stereocenters. The molecule has 0 radical (unpaired) electrons. The van der Waals surface area contributed by atoms with Gasteiger partial charge in [0.15, 0.2) is 0 Å². The molecule has 0 fully saturated rings. The number of sulfonamides is 2. The average molecular weight is 426 g/mol. The highest BCUT2D eigenvalue weighted by atomic mass is 32.2. The molecule has 0 aliphatic rings. The molecule has 0 aliphatic heterocycles. The van der Waals surface area contributed by atoms with Gasteiger partial charge in [0.25, 0.3) is 0 Å². The maximum atomic E-state index is 12.7. The number of nitrogens with one attached hydrogen (secondary N) is 1. The van der Waals surface area contributed by atoms with E-state index < -0.39 is 26.0 Å². The van der Waals surface area contributed by atoms with Gasteiger partial charge in [-0.25, -0.2) is 16.8 Å². The summed E-state index contributed by atoms with van der Waals surface area (Å²) in [4.78, 5) is 12.0. The average Bonchev–Trinajstić information content (AvgIpc) is 2.62. The van der Waals surface area contributed by atoms with Crippen molar-refractivity contribution in [2.75, 3.05) is 32.2 Å². The number of carbonyl (C=O) groups is 1. The van der Waals surface area contributed by atoms with Crippen molar-refractivity contribution in [2.24, 2.45) is 0 Å². The Bertz CT molecular complexity index is 1020. The lowest BCUT2D eigenvalue weighted by molar-refractivity contribution is -0.116. The predicted molar refractivity (Wildman–Crippen MR) is 108 cm³/mol. The van der Waals surface area contributed by atoms with E-state index in [1.165, 1.54) is 42.7 Å². The second kappa shape index (κ2) is 8.82. The van der Waals surface area contributed by atoms with Gasteiger partial charge in [0.2, 0.25) is 26.0 Å². The van der Waals surface area contributed by atoms with E-state index in [4.69, 9.17) is 0 Å². The van der Waals surface area contributed by atoms with E-state index in [1.807, 2.05) is 30.3 Å². The fraction of sp³-hybridized carbons (Fsp3) is 0.278. The molecule has 28 heavy (non-hydrogen) atoms. The summed E-state index contributed by atoms with van der Waals surface area (Å²) in [6.45, 7) is -0.0990. The molecule has 0 aliphatic carbocycles. The van der Waals surface area contributed by atoms with Crippen LogP contribution in [0.2, 0.25) is 0 Å². The van der Waals surface area contributed by atoms with Crippen molar-refractivity contribution >= 4 is 31.6 Å². The topological polar surface area (TPSA) is 104 Å². The van der Waals surface area contributed by atoms with Gasteiger partial charge in [0.1, 0.15) is 0 Å². The molecule has 0 atom stereocenters. The molecule has 0 spiro atoms. The first-order valence-electron chi connectivity index (χ1n) is 8.31. The number of hydrogen-bond acceptors (Lipinski definition) is 5. The first-order chi connectivity index (χ1) is 13.0. The zero-order chi connectivity index (χ0) is 20.9. The third kappa shape index (κ3) is 5.86. The van der Waals surface area contributed by atoms with Crippen molar-refractivity contribution in [3.05, 3.63) is 60.2 Å². The molecule has 10 heteroatoms. The smallest absolute Gasteiger partial charge is 0.243 e. The molecule has 0 saturated heterocycles. The number of carbonyl (C=O) groups excluding carboxylic acids is 1. The lowest BCUT2D eigenvalue weighted by Crippen LogP contribution is -2.34. The molecular formula is C18H23N3O5S2. The Hall–Kier alpha value is -2.27. The molecule has 2 aromatic carbocycles. The van der Waals surface area contributed by atoms with Gasteiger partial charge in [0, 0.05) is 26.3 Å². The quantitative estimate of drug-likeness (QED) is 0.687. The SMILES string of the molecule is CN(CC(=O)Nc1ccc(S(=O)(=O)N(C)Cc2ccccc2)cc1)S(C)(=O)=O. The third-order valence-corrected chi connectivity index (χ3v) is 7.11. The van der Waals surface area contributed by atoms with Gasteiger partial charge in [-0.2, -0.15) is 8.61 Å². The maximum absolute atomic E-state index is 12.7. The minimum absolute atomic E-state index is 0.0946. The van der Waals surface area contributed by atoms with E-state index >= 15 is 0 Å². The molecule has 0 aromatic heterocycles. The summed E-state index contributed by atoms with van der Waals surface area (Å²) in [6, 6.07) is 14.9. The lowest BCUT2D eigenvalue weighted by Gasteiger charge is -2.18. The Kier molecular flexibility index (Phi) is 6.94. The standard InChI is InChI=1S/C18H23N3O5S2/c1-20(27(3,23)24)14-18(22)19-16-9-11-17(12-10-16)28(25,26)21(2)13-15-7-5-4-6-8-15/h4-12H,13-14H2,1-3H3,(H,19,22). The van der Waals surface area contributed by atoms with Gasteiger partial charge in [-0.15, -0.1) is 0 Å². The molecule has 1 amide bonds. The summed E-state index contributed by atoms with van der Waals surface area (Å²) in [7, 11) is -4.35. The summed E-state index contributed by atoms with van der Waals surface area (Å²) >= 11 is 0. The summed E-state index contributed by atoms with van der Waals surface area (Å²) in [5.41, 5.74) is 1.24. The number of rotatable bonds is 8. The van der Waals surface area contributed by atoms with Crippen LogP contribution in [0, 0.1) is 0 Å². The molecule has 8 nitrogen and oxygen atoms in total. The van der Waals surface area contributed by atoms with E-state index in [0.717, 1.165) is 16.1 Å². The van der Waals surface area contributed by atoms with E-state index in [1.54, 1.807) is 0 Å². The molecule has 2 rings (SSSR count). The van der Waals surface area contributed by atoms with Crippen LogP contribution in [0.1, 0.15) is 5.56 Å². The Morgan fingerprint density at radius 2 is 1.46 bits per heavy atom. The van der Waals surface area contributed by atoms with Crippen molar-refractivity contribution in [3.8, 4) is 0 Å². The number of likely N-dealkylation sites (N-methyl/N-ethyl adjacent to an activating group) is 1. The van der Waals surface area contributed by atoms with Crippen LogP contribution in [0.15, 0.2) is 59.5 Å². The molecule has 0 heterocycles. The third-order valence-electron chi connectivity index (χ3n) is 4.03. The highest BCUT2D eigenvalue weighted by Gasteiger charge is 2.21. The van der Waals surface area contributed by atoms with Crippen molar-refractivity contribution in [3.63, 3.8) is 0 Å². The van der Waals surface area contributed by atoms with E-state index in [0.29, 0.717) is 5.69 Å². The summed E-state index contributed by atoms with van der Waals surface area (Å²) in [5, 5.41) is 2.54. The number of nitrogens with zero attached hydrogens (tertiary/aromatic N) is 2. The number of amides is 1. The van der Waals surface area contributed by atoms with Crippen LogP contribution in [0.3, 0.4) is 0 Å². The highest BCUT2D eigenvalue weighted by molar-refractivity contribution is 7.89. The molecule has 2 aromatic rings. The molecular weight excluding hydrogens is 402 g/mol. The molecule has 0 bridgehead atoms. The Balaban J connectivity index is 2.05. The number of benzene rings is 2. The minimum Gasteiger partial charge on any atom is -0.325 e. The van der Waals surface area contributed by atoms with Crippen LogP contribution in [-0.4, -0.2) is 58.2 Å². The van der Waals surface area contributed by atoms with E-state index in [2.05, 4.69) is 5.32 Å². The number of anilines is 1. The second-order valence-corrected chi connectivity index (χ2v) is 10.5. The van der Waals surface area contributed by atoms with Gasteiger partial charge in [-0.1, -0.05) is 30.3 Å². The largest absolute Gasteiger partial charge is 0.325 e. The zero-order valence-corrected chi connectivity index (χ0v) is 17.5. The summed E-state index contributed by atoms with van der Waals surface area (Å²) in [5.74, 6) is -0.523. The van der Waals surface area contributed by atoms with Gasteiger partial charge >= 0.3 is 0 Å². The molecule has 152 valence electrons. The molecule has 1 N–H and O–H groups in total. The fourth-order valence-electron chi connectivity index (χ4n) is 2.34. The first kappa shape index (κ1) is 22.0. The summed E-state index contributed by atoms with van der Waals surface area (Å²) < 4.78 is 50.2. The monoisotopic (exact) mass is 425 g/mol. The van der Waals surface area contributed by atoms with Gasteiger partial charge in [0.05, 0.1) is 17.7 Å². The fourth-order valence-corrected chi connectivity index (χ4v) is 3.85. The van der Waals surface area contributed by atoms with Crippen molar-refractivity contribution in [1.29, 1.82) is 0 Å². The second-order valence-electron chi connectivity index (χ2n) is 6.34. The Morgan fingerprint density at radius 3 is 2.00 bits per heavy atom. The van der Waals surface area contributed by atoms with E-state index in [-0.39, 0.29) is 18.0 Å². The van der Waals surface area contributed by atoms with Crippen LogP contribution in [0.25, 0.3) is 0 Å². The van der Waals surface area contributed by atoms with Gasteiger partial charge < -0.3 is 5.32 Å². The maximum Gasteiger partial charge on any atom is 0.243 e. The minimum atomic E-state index is -3.69. The predicted octanol–water partition coefficient (Wildman–Crippen LogP) is 1.34. The van der Waals surface area contributed by atoms with Crippen LogP contribution < -0.4 is 5.32 Å². The van der Waals surface area contributed by atoms with Crippen LogP contribution in [0.4, 0.5) is 5.69 Å². The zero-order valence-electron chi connectivity index (χ0n) is 15.9. The summed E-state index contributed by atoms with van der Waals surface area (Å²) in [6.07, 6.45) is 1.01. The highest BCUT2D eigenvalue weighted by Crippen LogP contribution is 2.19. The number of hydrogen-bond donors (Lipinski definition) is 1. The van der Waals surface area contributed by atoms with Crippen LogP contribution >= 0.6 is 0 Å². The van der Waals surface area contributed by atoms with Crippen molar-refractivity contribution < 1.29 is 21.6 Å². The van der Waals surface area contributed by atoms with Crippen LogP contribution in [0.5, 0.6) is 0 Å². The normalized spacial score (nSPS) is 12.3. The van der Waals surface area contributed by atoms with Gasteiger partial charge in [-0.3, -0.25) is 4.79 Å². The van der Waals surface area contributed by atoms with Crippen molar-refractivity contribution in [2.45, 2.75) is 11.4 Å².